The summed E-state index contributed by atoms with van der Waals surface area (Å²) in [6.45, 7) is 0.694. The van der Waals surface area contributed by atoms with Crippen molar-refractivity contribution in [2.24, 2.45) is 11.1 Å². The van der Waals surface area contributed by atoms with Crippen molar-refractivity contribution >= 4 is 37.9 Å². The van der Waals surface area contributed by atoms with Gasteiger partial charge in [0.05, 0.1) is 5.41 Å². The lowest BCUT2D eigenvalue weighted by molar-refractivity contribution is -0.169. The van der Waals surface area contributed by atoms with Crippen LogP contribution in [0.15, 0.2) is 0 Å². The lowest BCUT2D eigenvalue weighted by Gasteiger charge is -2.52. The highest BCUT2D eigenvalue weighted by Crippen LogP contribution is 2.45. The molecule has 0 radical (unpaired) electrons. The van der Waals surface area contributed by atoms with Gasteiger partial charge in [-0.15, -0.1) is 0 Å². The first kappa shape index (κ1) is 14.7. The third-order valence-corrected chi connectivity index (χ3v) is 4.22. The number of rotatable bonds is 3. The molecule has 2 amide bonds. The lowest BCUT2D eigenvalue weighted by atomic mass is 9.67. The first-order valence-corrected chi connectivity index (χ1v) is 6.45. The van der Waals surface area contributed by atoms with Crippen LogP contribution in [0.3, 0.4) is 0 Å². The molecule has 0 aromatic rings. The van der Waals surface area contributed by atoms with E-state index < -0.39 is 11.9 Å². The maximum absolute atomic E-state index is 12.1. The quantitative estimate of drug-likeness (QED) is 0.588. The average molecular weight is 276 g/mol. The second kappa shape index (κ2) is 5.52. The van der Waals surface area contributed by atoms with Gasteiger partial charge in [-0.1, -0.05) is 19.3 Å². The van der Waals surface area contributed by atoms with Crippen molar-refractivity contribution in [1.82, 2.24) is 4.90 Å². The van der Waals surface area contributed by atoms with Gasteiger partial charge in [0.2, 0.25) is 11.8 Å². The summed E-state index contributed by atoms with van der Waals surface area (Å²) in [5, 5.41) is 0. The van der Waals surface area contributed by atoms with Gasteiger partial charge in [0, 0.05) is 12.3 Å². The molecule has 0 unspecified atom stereocenters. The molecule has 0 aromatic carbocycles. The van der Waals surface area contributed by atoms with E-state index in [-0.39, 0.29) is 24.8 Å². The van der Waals surface area contributed by atoms with Crippen LogP contribution in [0.4, 0.5) is 0 Å². The SMILES string of the molecule is NC(=O)[C@@H](CS)N1CC2(CCCCC2)C1=O.S. The van der Waals surface area contributed by atoms with Crippen molar-refractivity contribution in [2.45, 2.75) is 38.1 Å². The zero-order chi connectivity index (χ0) is 11.8. The van der Waals surface area contributed by atoms with Gasteiger partial charge in [-0.25, -0.2) is 0 Å². The topological polar surface area (TPSA) is 63.4 Å². The maximum Gasteiger partial charge on any atom is 0.241 e. The van der Waals surface area contributed by atoms with E-state index in [0.29, 0.717) is 12.3 Å². The third-order valence-electron chi connectivity index (χ3n) is 3.88. The molecule has 1 saturated carbocycles. The molecular formula is C11H20N2O2S2. The van der Waals surface area contributed by atoms with Gasteiger partial charge in [0.1, 0.15) is 6.04 Å². The molecule has 1 aliphatic carbocycles. The summed E-state index contributed by atoms with van der Waals surface area (Å²) in [5.41, 5.74) is 5.10. The summed E-state index contributed by atoms with van der Waals surface area (Å²) in [6.07, 6.45) is 5.42. The Labute approximate surface area is 114 Å². The Bertz CT molecular complexity index is 317. The Morgan fingerprint density at radius 2 is 2.00 bits per heavy atom. The standard InChI is InChI=1S/C11H18N2O2S.H2S/c12-9(14)8(6-16)13-7-11(10(13)15)4-2-1-3-5-11;/h8,16H,1-7H2,(H2,12,14);1H2/t8-;/m1./s1. The molecule has 2 rings (SSSR count). The van der Waals surface area contributed by atoms with Crippen molar-refractivity contribution in [3.8, 4) is 0 Å². The van der Waals surface area contributed by atoms with Crippen LogP contribution in [0.25, 0.3) is 0 Å². The van der Waals surface area contributed by atoms with E-state index in [4.69, 9.17) is 5.73 Å². The largest absolute Gasteiger partial charge is 0.368 e. The minimum Gasteiger partial charge on any atom is -0.368 e. The molecular weight excluding hydrogens is 256 g/mol. The molecule has 2 fully saturated rings. The summed E-state index contributed by atoms with van der Waals surface area (Å²) in [6, 6.07) is -0.525. The van der Waals surface area contributed by atoms with Crippen LogP contribution in [-0.4, -0.2) is 35.1 Å². The second-order valence-corrected chi connectivity index (χ2v) is 5.24. The number of carbonyl (C=O) groups is 2. The maximum atomic E-state index is 12.1. The molecule has 1 spiro atoms. The normalized spacial score (nSPS) is 23.8. The monoisotopic (exact) mass is 276 g/mol. The molecule has 0 bridgehead atoms. The molecule has 2 aliphatic rings. The van der Waals surface area contributed by atoms with Crippen LogP contribution < -0.4 is 5.73 Å². The Balaban J connectivity index is 0.00000144. The van der Waals surface area contributed by atoms with Crippen LogP contribution >= 0.6 is 26.1 Å². The minimum atomic E-state index is -0.525. The van der Waals surface area contributed by atoms with Gasteiger partial charge >= 0.3 is 0 Å². The number of hydrogen-bond donors (Lipinski definition) is 2. The fraction of sp³-hybridized carbons (Fsp3) is 0.818. The predicted molar refractivity (Wildman–Crippen MR) is 74.4 cm³/mol. The number of primary amides is 1. The number of β-lactam (4-membered cyclic amide) rings is 1. The summed E-state index contributed by atoms with van der Waals surface area (Å²) < 4.78 is 0. The molecule has 1 atom stereocenters. The second-order valence-electron chi connectivity index (χ2n) is 4.87. The average Bonchev–Trinajstić information content (AvgIpc) is 2.29. The highest BCUT2D eigenvalue weighted by atomic mass is 32.1. The van der Waals surface area contributed by atoms with Gasteiger partial charge in [0.25, 0.3) is 0 Å². The third kappa shape index (κ3) is 2.42. The first-order valence-electron chi connectivity index (χ1n) is 5.82. The van der Waals surface area contributed by atoms with E-state index in [0.717, 1.165) is 25.7 Å². The number of carbonyl (C=O) groups excluding carboxylic acids is 2. The molecule has 4 nitrogen and oxygen atoms in total. The Morgan fingerprint density at radius 3 is 2.41 bits per heavy atom. The zero-order valence-corrected chi connectivity index (χ0v) is 11.7. The van der Waals surface area contributed by atoms with Gasteiger partial charge in [-0.05, 0) is 12.8 Å². The van der Waals surface area contributed by atoms with Crippen molar-refractivity contribution in [3.63, 3.8) is 0 Å². The number of hydrogen-bond acceptors (Lipinski definition) is 3. The van der Waals surface area contributed by atoms with Gasteiger partial charge < -0.3 is 10.6 Å². The Hall–Kier alpha value is -0.360. The summed E-state index contributed by atoms with van der Waals surface area (Å²) >= 11 is 4.08. The van der Waals surface area contributed by atoms with Crippen LogP contribution in [0.5, 0.6) is 0 Å². The van der Waals surface area contributed by atoms with Crippen molar-refractivity contribution < 1.29 is 9.59 Å². The van der Waals surface area contributed by atoms with Gasteiger partial charge in [0.15, 0.2) is 0 Å². The van der Waals surface area contributed by atoms with Crippen molar-refractivity contribution in [2.75, 3.05) is 12.3 Å². The van der Waals surface area contributed by atoms with Crippen molar-refractivity contribution in [1.29, 1.82) is 0 Å². The molecule has 98 valence electrons. The van der Waals surface area contributed by atoms with Crippen LogP contribution in [0.2, 0.25) is 0 Å². The van der Waals surface area contributed by atoms with Crippen LogP contribution in [0, 0.1) is 5.41 Å². The Morgan fingerprint density at radius 1 is 1.41 bits per heavy atom. The van der Waals surface area contributed by atoms with E-state index in [1.165, 1.54) is 6.42 Å². The lowest BCUT2D eigenvalue weighted by Crippen LogP contribution is -2.67. The number of thiol groups is 1. The summed E-state index contributed by atoms with van der Waals surface area (Å²) in [7, 11) is 0. The fourth-order valence-corrected chi connectivity index (χ4v) is 3.25. The van der Waals surface area contributed by atoms with Crippen LogP contribution in [0.1, 0.15) is 32.1 Å². The van der Waals surface area contributed by atoms with Gasteiger partial charge in [-0.2, -0.15) is 26.1 Å². The number of nitrogens with two attached hydrogens (primary N) is 1. The van der Waals surface area contributed by atoms with Crippen molar-refractivity contribution in [3.05, 3.63) is 0 Å². The van der Waals surface area contributed by atoms with Crippen LogP contribution in [-0.2, 0) is 9.59 Å². The smallest absolute Gasteiger partial charge is 0.241 e. The number of likely N-dealkylation sites (tertiary alicyclic amines) is 1. The highest BCUT2D eigenvalue weighted by molar-refractivity contribution is 7.80. The van der Waals surface area contributed by atoms with E-state index in [2.05, 4.69) is 12.6 Å². The first-order chi connectivity index (χ1) is 7.60. The number of nitrogens with zero attached hydrogens (tertiary/aromatic N) is 1. The highest BCUT2D eigenvalue weighted by Gasteiger charge is 2.54. The molecule has 1 heterocycles. The summed E-state index contributed by atoms with van der Waals surface area (Å²) in [4.78, 5) is 24.9. The zero-order valence-electron chi connectivity index (χ0n) is 9.82. The van der Waals surface area contributed by atoms with E-state index in [9.17, 15) is 9.59 Å². The molecule has 17 heavy (non-hydrogen) atoms. The fourth-order valence-electron chi connectivity index (χ4n) is 2.87. The summed E-state index contributed by atoms with van der Waals surface area (Å²) in [5.74, 6) is -0.0176. The molecule has 6 heteroatoms. The van der Waals surface area contributed by atoms with Gasteiger partial charge in [-0.3, -0.25) is 9.59 Å². The minimum absolute atomic E-state index is 0. The molecule has 0 aromatic heterocycles. The molecule has 2 N–H and O–H groups in total. The van der Waals surface area contributed by atoms with E-state index >= 15 is 0 Å². The molecule has 1 saturated heterocycles. The van der Waals surface area contributed by atoms with E-state index in [1.54, 1.807) is 4.90 Å². The molecule has 1 aliphatic heterocycles. The van der Waals surface area contributed by atoms with E-state index in [1.807, 2.05) is 0 Å². The predicted octanol–water partition coefficient (Wildman–Crippen LogP) is 0.676. The number of amides is 2. The Kier molecular flexibility index (Phi) is 4.77.